The molecule has 0 aliphatic heterocycles. The van der Waals surface area contributed by atoms with Gasteiger partial charge in [-0.15, -0.1) is 0 Å². The summed E-state index contributed by atoms with van der Waals surface area (Å²) in [5.41, 5.74) is 0.0511. The van der Waals surface area contributed by atoms with E-state index in [4.69, 9.17) is 0 Å². The zero-order chi connectivity index (χ0) is 13.1. The first kappa shape index (κ1) is 13.2. The molecule has 18 heavy (non-hydrogen) atoms. The number of halogens is 1. The number of phenolic OH excluding ortho intramolecular Hbond substituents is 1. The molecule has 2 aromatic rings. The molecule has 0 fully saturated rings. The number of para-hydroxylation sites is 1. The molecule has 0 bridgehead atoms. The van der Waals surface area contributed by atoms with Crippen molar-refractivity contribution >= 4 is 40.0 Å². The maximum atomic E-state index is 11.0. The van der Waals surface area contributed by atoms with Crippen LogP contribution in [-0.4, -0.2) is 10.0 Å². The summed E-state index contributed by atoms with van der Waals surface area (Å²) >= 11 is 3.21. The Kier molecular flexibility index (Phi) is 4.07. The van der Waals surface area contributed by atoms with Crippen molar-refractivity contribution in [2.24, 2.45) is 0 Å². The zero-order valence-corrected chi connectivity index (χ0v) is 12.0. The first-order chi connectivity index (χ1) is 8.58. The minimum atomic E-state index is -0.412. The zero-order valence-electron chi connectivity index (χ0n) is 9.04. The molecular formula is C12H8INO3S. The molecule has 4 nitrogen and oxygen atoms in total. The van der Waals surface area contributed by atoms with Gasteiger partial charge in [-0.2, -0.15) is 0 Å². The standard InChI is InChI=1S/C12H8INO3S/c13-8-5-6-11(9(7-8)14(16)17)18-12-4-2-1-3-10(12)15/h1-7,15H. The average molecular weight is 373 g/mol. The van der Waals surface area contributed by atoms with Crippen molar-refractivity contribution in [3.05, 3.63) is 56.1 Å². The largest absolute Gasteiger partial charge is 0.507 e. The summed E-state index contributed by atoms with van der Waals surface area (Å²) in [6, 6.07) is 11.8. The van der Waals surface area contributed by atoms with Gasteiger partial charge in [0.25, 0.3) is 5.69 Å². The van der Waals surface area contributed by atoms with Crippen LogP contribution in [0.15, 0.2) is 52.3 Å². The molecule has 0 amide bonds. The van der Waals surface area contributed by atoms with E-state index in [0.29, 0.717) is 9.79 Å². The van der Waals surface area contributed by atoms with Crippen molar-refractivity contribution < 1.29 is 10.0 Å². The Bertz CT molecular complexity index is 604. The fraction of sp³-hybridized carbons (Fsp3) is 0. The van der Waals surface area contributed by atoms with Crippen LogP contribution in [0.4, 0.5) is 5.69 Å². The van der Waals surface area contributed by atoms with Gasteiger partial charge in [0.05, 0.1) is 14.7 Å². The van der Waals surface area contributed by atoms with Crippen LogP contribution in [0, 0.1) is 13.7 Å². The Morgan fingerprint density at radius 2 is 1.89 bits per heavy atom. The van der Waals surface area contributed by atoms with Crippen molar-refractivity contribution in [1.82, 2.24) is 0 Å². The van der Waals surface area contributed by atoms with Gasteiger partial charge >= 0.3 is 0 Å². The van der Waals surface area contributed by atoms with Crippen LogP contribution in [0.3, 0.4) is 0 Å². The van der Waals surface area contributed by atoms with E-state index in [2.05, 4.69) is 0 Å². The van der Waals surface area contributed by atoms with Crippen LogP contribution in [0.5, 0.6) is 5.75 Å². The molecule has 0 aliphatic carbocycles. The molecule has 0 radical (unpaired) electrons. The van der Waals surface area contributed by atoms with Crippen LogP contribution < -0.4 is 0 Å². The summed E-state index contributed by atoms with van der Waals surface area (Å²) in [5, 5.41) is 20.6. The van der Waals surface area contributed by atoms with E-state index in [1.54, 1.807) is 36.4 Å². The maximum absolute atomic E-state index is 11.0. The summed E-state index contributed by atoms with van der Waals surface area (Å²) in [6.07, 6.45) is 0. The number of hydrogen-bond donors (Lipinski definition) is 1. The van der Waals surface area contributed by atoms with Gasteiger partial charge in [-0.05, 0) is 46.9 Å². The van der Waals surface area contributed by atoms with Gasteiger partial charge in [-0.25, -0.2) is 0 Å². The van der Waals surface area contributed by atoms with E-state index in [1.807, 2.05) is 22.6 Å². The normalized spacial score (nSPS) is 10.3. The topological polar surface area (TPSA) is 63.4 Å². The number of nitro benzene ring substituents is 1. The monoisotopic (exact) mass is 373 g/mol. The molecule has 2 aromatic carbocycles. The predicted molar refractivity (Wildman–Crippen MR) is 78.0 cm³/mol. The third kappa shape index (κ3) is 2.94. The smallest absolute Gasteiger partial charge is 0.284 e. The van der Waals surface area contributed by atoms with Crippen LogP contribution in [0.1, 0.15) is 0 Å². The first-order valence-electron chi connectivity index (χ1n) is 4.97. The number of aromatic hydroxyl groups is 1. The highest BCUT2D eigenvalue weighted by Crippen LogP contribution is 2.39. The highest BCUT2D eigenvalue weighted by molar-refractivity contribution is 14.1. The second kappa shape index (κ2) is 5.57. The van der Waals surface area contributed by atoms with Crippen LogP contribution in [0.25, 0.3) is 0 Å². The van der Waals surface area contributed by atoms with Crippen molar-refractivity contribution in [1.29, 1.82) is 0 Å². The molecule has 0 saturated heterocycles. The third-order valence-corrected chi connectivity index (χ3v) is 4.00. The van der Waals surface area contributed by atoms with E-state index in [0.717, 1.165) is 3.57 Å². The second-order valence-corrected chi connectivity index (χ2v) is 5.77. The van der Waals surface area contributed by atoms with Crippen molar-refractivity contribution in [2.45, 2.75) is 9.79 Å². The fourth-order valence-corrected chi connectivity index (χ4v) is 2.79. The van der Waals surface area contributed by atoms with Crippen molar-refractivity contribution in [3.8, 4) is 5.75 Å². The van der Waals surface area contributed by atoms with Crippen molar-refractivity contribution in [3.63, 3.8) is 0 Å². The fourth-order valence-electron chi connectivity index (χ4n) is 1.38. The lowest BCUT2D eigenvalue weighted by molar-refractivity contribution is -0.387. The number of benzene rings is 2. The first-order valence-corrected chi connectivity index (χ1v) is 6.87. The molecule has 6 heteroatoms. The van der Waals surface area contributed by atoms with Crippen LogP contribution in [-0.2, 0) is 0 Å². The Morgan fingerprint density at radius 3 is 2.56 bits per heavy atom. The molecule has 0 spiro atoms. The third-order valence-electron chi connectivity index (χ3n) is 2.20. The van der Waals surface area contributed by atoms with E-state index < -0.39 is 4.92 Å². The SMILES string of the molecule is O=[N+]([O-])c1cc(I)ccc1Sc1ccccc1O. The highest BCUT2D eigenvalue weighted by atomic mass is 127. The van der Waals surface area contributed by atoms with E-state index in [-0.39, 0.29) is 11.4 Å². The van der Waals surface area contributed by atoms with Crippen molar-refractivity contribution in [2.75, 3.05) is 0 Å². The van der Waals surface area contributed by atoms with Gasteiger partial charge in [-0.1, -0.05) is 23.9 Å². The van der Waals surface area contributed by atoms with Crippen LogP contribution in [0.2, 0.25) is 0 Å². The predicted octanol–water partition coefficient (Wildman–Crippen LogP) is 4.06. The molecule has 0 atom stereocenters. The van der Waals surface area contributed by atoms with E-state index >= 15 is 0 Å². The summed E-state index contributed by atoms with van der Waals surface area (Å²) in [6.45, 7) is 0. The number of phenols is 1. The number of hydrogen-bond acceptors (Lipinski definition) is 4. The molecule has 1 N–H and O–H groups in total. The highest BCUT2D eigenvalue weighted by Gasteiger charge is 2.16. The average Bonchev–Trinajstić information content (AvgIpc) is 2.34. The number of rotatable bonds is 3. The Balaban J connectivity index is 2.41. The molecule has 0 heterocycles. The quantitative estimate of drug-likeness (QED) is 0.501. The molecule has 0 aliphatic rings. The molecule has 2 rings (SSSR count). The summed E-state index contributed by atoms with van der Waals surface area (Å²) < 4.78 is 0.806. The minimum Gasteiger partial charge on any atom is -0.507 e. The number of nitro groups is 1. The van der Waals surface area contributed by atoms with Gasteiger partial charge < -0.3 is 5.11 Å². The second-order valence-electron chi connectivity index (χ2n) is 3.44. The van der Waals surface area contributed by atoms with Gasteiger partial charge in [0.15, 0.2) is 0 Å². The lowest BCUT2D eigenvalue weighted by atomic mass is 10.3. The Labute approximate surface area is 121 Å². The Morgan fingerprint density at radius 1 is 1.17 bits per heavy atom. The van der Waals surface area contributed by atoms with E-state index in [1.165, 1.54) is 17.8 Å². The molecule has 0 saturated carbocycles. The molecular weight excluding hydrogens is 365 g/mol. The lowest BCUT2D eigenvalue weighted by Gasteiger charge is -2.05. The molecule has 92 valence electrons. The number of nitrogens with zero attached hydrogens (tertiary/aromatic N) is 1. The molecule has 0 unspecified atom stereocenters. The van der Waals surface area contributed by atoms with Gasteiger partial charge in [-0.3, -0.25) is 10.1 Å². The Hall–Kier alpha value is -1.28. The molecule has 0 aromatic heterocycles. The van der Waals surface area contributed by atoms with Gasteiger partial charge in [0.1, 0.15) is 5.75 Å². The summed E-state index contributed by atoms with van der Waals surface area (Å²) in [4.78, 5) is 11.7. The summed E-state index contributed by atoms with van der Waals surface area (Å²) in [5.74, 6) is 0.121. The summed E-state index contributed by atoms with van der Waals surface area (Å²) in [7, 11) is 0. The lowest BCUT2D eigenvalue weighted by Crippen LogP contribution is -1.91. The van der Waals surface area contributed by atoms with E-state index in [9.17, 15) is 15.2 Å². The van der Waals surface area contributed by atoms with Gasteiger partial charge in [0.2, 0.25) is 0 Å². The van der Waals surface area contributed by atoms with Crippen LogP contribution >= 0.6 is 34.4 Å². The maximum Gasteiger partial charge on any atom is 0.284 e. The minimum absolute atomic E-state index is 0.0511. The van der Waals surface area contributed by atoms with Gasteiger partial charge in [0, 0.05) is 9.64 Å².